The van der Waals surface area contributed by atoms with Crippen LogP contribution in [0.3, 0.4) is 0 Å². The van der Waals surface area contributed by atoms with Crippen LogP contribution in [0.15, 0.2) is 35.4 Å². The van der Waals surface area contributed by atoms with E-state index in [1.165, 1.54) is 17.0 Å². The number of benzene rings is 1. The predicted octanol–water partition coefficient (Wildman–Crippen LogP) is 1.75. The van der Waals surface area contributed by atoms with E-state index in [1.54, 1.807) is 25.2 Å². The Labute approximate surface area is 124 Å². The van der Waals surface area contributed by atoms with Crippen molar-refractivity contribution in [3.05, 3.63) is 46.1 Å². The van der Waals surface area contributed by atoms with Gasteiger partial charge in [0.25, 0.3) is 5.56 Å². The van der Waals surface area contributed by atoms with Crippen LogP contribution in [-0.2, 0) is 7.05 Å². The molecule has 2 aromatic heterocycles. The molecule has 2 N–H and O–H groups in total. The summed E-state index contributed by atoms with van der Waals surface area (Å²) in [5.41, 5.74) is 6.34. The van der Waals surface area contributed by atoms with Gasteiger partial charge in [0, 0.05) is 13.1 Å². The topological polar surface area (TPSA) is 95.9 Å². The molecule has 0 saturated carbocycles. The molecule has 0 fully saturated rings. The summed E-state index contributed by atoms with van der Waals surface area (Å²) in [5, 5.41) is 0.264. The van der Waals surface area contributed by atoms with Crippen molar-refractivity contribution in [3.8, 4) is 11.6 Å². The average molecular weight is 304 g/mol. The molecule has 3 rings (SSSR count). The molecule has 0 aliphatic heterocycles. The number of para-hydroxylation sites is 1. The van der Waals surface area contributed by atoms with E-state index in [1.807, 2.05) is 0 Å². The molecule has 0 aliphatic carbocycles. The van der Waals surface area contributed by atoms with E-state index in [-0.39, 0.29) is 22.4 Å². The summed E-state index contributed by atoms with van der Waals surface area (Å²) in [7, 11) is 1.62. The van der Waals surface area contributed by atoms with Gasteiger partial charge in [0.1, 0.15) is 17.0 Å². The van der Waals surface area contributed by atoms with Crippen LogP contribution in [0.25, 0.3) is 11.0 Å². The first-order chi connectivity index (χ1) is 10.1. The van der Waals surface area contributed by atoms with Crippen LogP contribution in [0.1, 0.15) is 0 Å². The number of aryl methyl sites for hydroxylation is 1. The third kappa shape index (κ3) is 2.38. The Balaban J connectivity index is 2.17. The van der Waals surface area contributed by atoms with Gasteiger partial charge in [-0.2, -0.15) is 0 Å². The molecular formula is C13H10ClN5O2. The maximum absolute atomic E-state index is 11.8. The number of fused-ring (bicyclic) bond motifs is 1. The highest BCUT2D eigenvalue weighted by molar-refractivity contribution is 6.29. The zero-order valence-corrected chi connectivity index (χ0v) is 11.7. The van der Waals surface area contributed by atoms with Crippen molar-refractivity contribution in [1.82, 2.24) is 19.5 Å². The molecule has 0 atom stereocenters. The zero-order valence-electron chi connectivity index (χ0n) is 10.9. The lowest BCUT2D eigenvalue weighted by Gasteiger charge is -2.10. The maximum atomic E-state index is 11.8. The minimum Gasteiger partial charge on any atom is -0.437 e. The number of nitrogens with two attached hydrogens (primary N) is 1. The summed E-state index contributed by atoms with van der Waals surface area (Å²) in [6.07, 6.45) is 1.29. The van der Waals surface area contributed by atoms with Gasteiger partial charge >= 0.3 is 0 Å². The van der Waals surface area contributed by atoms with Gasteiger partial charge in [0.2, 0.25) is 5.88 Å². The second-order valence-electron chi connectivity index (χ2n) is 4.27. The first kappa shape index (κ1) is 13.3. The second-order valence-corrected chi connectivity index (χ2v) is 4.65. The number of nitrogen functional groups attached to an aromatic ring is 1. The van der Waals surface area contributed by atoms with Crippen molar-refractivity contribution in [2.24, 2.45) is 7.05 Å². The molecule has 1 aromatic carbocycles. The Morgan fingerprint density at radius 2 is 2.14 bits per heavy atom. The van der Waals surface area contributed by atoms with Crippen molar-refractivity contribution in [2.45, 2.75) is 0 Å². The monoisotopic (exact) mass is 303 g/mol. The van der Waals surface area contributed by atoms with E-state index in [0.717, 1.165) is 0 Å². The van der Waals surface area contributed by atoms with Gasteiger partial charge < -0.3 is 15.0 Å². The third-order valence-corrected chi connectivity index (χ3v) is 3.12. The number of hydrogen-bond acceptors (Lipinski definition) is 6. The van der Waals surface area contributed by atoms with E-state index in [2.05, 4.69) is 15.0 Å². The Hall–Kier alpha value is -2.67. The lowest BCUT2D eigenvalue weighted by molar-refractivity contribution is 0.465. The largest absolute Gasteiger partial charge is 0.437 e. The molecule has 0 unspecified atom stereocenters. The van der Waals surface area contributed by atoms with Crippen molar-refractivity contribution in [3.63, 3.8) is 0 Å². The lowest BCUT2D eigenvalue weighted by atomic mass is 10.2. The molecule has 2 heterocycles. The van der Waals surface area contributed by atoms with Gasteiger partial charge in [-0.1, -0.05) is 17.7 Å². The van der Waals surface area contributed by atoms with Gasteiger partial charge in [0.05, 0.1) is 5.52 Å². The molecular weight excluding hydrogens is 294 g/mol. The molecule has 3 aromatic rings. The SMILES string of the molecule is Cn1c(=O)c(N)nc2c(Oc3cc(Cl)ncn3)cccc21. The summed E-state index contributed by atoms with van der Waals surface area (Å²) in [5.74, 6) is 0.600. The molecule has 0 amide bonds. The Bertz CT molecular complexity index is 893. The Morgan fingerprint density at radius 1 is 1.33 bits per heavy atom. The molecule has 8 heteroatoms. The minimum absolute atomic E-state index is 0.0956. The first-order valence-corrected chi connectivity index (χ1v) is 6.34. The predicted molar refractivity (Wildman–Crippen MR) is 78.5 cm³/mol. The normalized spacial score (nSPS) is 10.8. The number of halogens is 1. The van der Waals surface area contributed by atoms with Crippen LogP contribution in [0, 0.1) is 0 Å². The lowest BCUT2D eigenvalue weighted by Crippen LogP contribution is -2.22. The average Bonchev–Trinajstić information content (AvgIpc) is 2.46. The molecule has 0 radical (unpaired) electrons. The van der Waals surface area contributed by atoms with Crippen LogP contribution >= 0.6 is 11.6 Å². The smallest absolute Gasteiger partial charge is 0.293 e. The number of hydrogen-bond donors (Lipinski definition) is 1. The highest BCUT2D eigenvalue weighted by Gasteiger charge is 2.11. The van der Waals surface area contributed by atoms with Gasteiger partial charge in [-0.25, -0.2) is 15.0 Å². The van der Waals surface area contributed by atoms with Crippen LogP contribution in [0.4, 0.5) is 5.82 Å². The Morgan fingerprint density at radius 3 is 2.90 bits per heavy atom. The third-order valence-electron chi connectivity index (χ3n) is 2.92. The number of anilines is 1. The standard InChI is InChI=1S/C13H10ClN5O2/c1-19-7-3-2-4-8(11(7)18-12(15)13(19)20)21-10-5-9(14)16-6-17-10/h2-6H,1H3,(H2,15,18). The maximum Gasteiger partial charge on any atom is 0.293 e. The highest BCUT2D eigenvalue weighted by atomic mass is 35.5. The molecule has 0 spiro atoms. The highest BCUT2D eigenvalue weighted by Crippen LogP contribution is 2.27. The fraction of sp³-hybridized carbons (Fsp3) is 0.0769. The van der Waals surface area contributed by atoms with Gasteiger partial charge in [0.15, 0.2) is 11.6 Å². The van der Waals surface area contributed by atoms with E-state index >= 15 is 0 Å². The second kappa shape index (κ2) is 5.02. The van der Waals surface area contributed by atoms with Crippen LogP contribution in [-0.4, -0.2) is 19.5 Å². The summed E-state index contributed by atoms with van der Waals surface area (Å²) in [6, 6.07) is 6.68. The number of ether oxygens (including phenoxy) is 1. The van der Waals surface area contributed by atoms with Crippen LogP contribution in [0.2, 0.25) is 5.15 Å². The summed E-state index contributed by atoms with van der Waals surface area (Å²) >= 11 is 5.79. The van der Waals surface area contributed by atoms with Gasteiger partial charge in [-0.05, 0) is 12.1 Å². The fourth-order valence-corrected chi connectivity index (χ4v) is 2.05. The van der Waals surface area contributed by atoms with E-state index in [9.17, 15) is 4.79 Å². The van der Waals surface area contributed by atoms with Gasteiger partial charge in [-0.15, -0.1) is 0 Å². The summed E-state index contributed by atoms with van der Waals surface area (Å²) in [4.78, 5) is 23.6. The van der Waals surface area contributed by atoms with Crippen molar-refractivity contribution in [1.29, 1.82) is 0 Å². The number of aromatic nitrogens is 4. The molecule has 0 aliphatic rings. The Kier molecular flexibility index (Phi) is 3.19. The summed E-state index contributed by atoms with van der Waals surface area (Å²) in [6.45, 7) is 0. The molecule has 0 bridgehead atoms. The first-order valence-electron chi connectivity index (χ1n) is 5.97. The molecule has 106 valence electrons. The van der Waals surface area contributed by atoms with Crippen molar-refractivity contribution < 1.29 is 4.74 Å². The number of nitrogens with zero attached hydrogens (tertiary/aromatic N) is 4. The fourth-order valence-electron chi connectivity index (χ4n) is 1.91. The molecule has 21 heavy (non-hydrogen) atoms. The van der Waals surface area contributed by atoms with Crippen molar-refractivity contribution >= 4 is 28.5 Å². The van der Waals surface area contributed by atoms with Crippen molar-refractivity contribution in [2.75, 3.05) is 5.73 Å². The molecule has 7 nitrogen and oxygen atoms in total. The zero-order chi connectivity index (χ0) is 15.0. The molecule has 0 saturated heterocycles. The van der Waals surface area contributed by atoms with E-state index < -0.39 is 0 Å². The van der Waals surface area contributed by atoms with Gasteiger partial charge in [-0.3, -0.25) is 4.79 Å². The quantitative estimate of drug-likeness (QED) is 0.725. The van der Waals surface area contributed by atoms with E-state index in [0.29, 0.717) is 16.8 Å². The number of rotatable bonds is 2. The van der Waals surface area contributed by atoms with Crippen LogP contribution < -0.4 is 16.0 Å². The summed E-state index contributed by atoms with van der Waals surface area (Å²) < 4.78 is 7.07. The minimum atomic E-state index is -0.357. The van der Waals surface area contributed by atoms with E-state index in [4.69, 9.17) is 22.1 Å². The van der Waals surface area contributed by atoms with Crippen LogP contribution in [0.5, 0.6) is 11.6 Å².